The van der Waals surface area contributed by atoms with Crippen LogP contribution in [0.4, 0.5) is 0 Å². The van der Waals surface area contributed by atoms with Gasteiger partial charge >= 0.3 is 5.97 Å². The first-order chi connectivity index (χ1) is 16.2. The Balaban J connectivity index is 1.77. The van der Waals surface area contributed by atoms with Gasteiger partial charge in [0.1, 0.15) is 12.1 Å². The van der Waals surface area contributed by atoms with E-state index in [9.17, 15) is 24.3 Å². The molecule has 2 aromatic carbocycles. The number of carbonyl (C=O) groups excluding carboxylic acids is 3. The summed E-state index contributed by atoms with van der Waals surface area (Å²) in [6.07, 6.45) is 1.46. The lowest BCUT2D eigenvalue weighted by atomic mass is 10.0. The summed E-state index contributed by atoms with van der Waals surface area (Å²) in [7, 11) is 0. The summed E-state index contributed by atoms with van der Waals surface area (Å²) in [5, 5.41) is 15.7. The summed E-state index contributed by atoms with van der Waals surface area (Å²) >= 11 is 0. The fraction of sp³-hybridized carbons (Fsp3) is 0.250. The molecule has 0 aliphatic heterocycles. The van der Waals surface area contributed by atoms with Crippen molar-refractivity contribution in [1.82, 2.24) is 15.6 Å². The molecular weight excluding hydrogens is 438 g/mol. The predicted octanol–water partition coefficient (Wildman–Crippen LogP) is 0.210. The van der Waals surface area contributed by atoms with Crippen LogP contribution in [0.5, 0.6) is 0 Å². The zero-order valence-corrected chi connectivity index (χ0v) is 18.4. The average molecular weight is 466 g/mol. The number of nitrogens with one attached hydrogen (secondary N) is 3. The molecule has 0 saturated heterocycles. The van der Waals surface area contributed by atoms with E-state index in [1.165, 1.54) is 0 Å². The van der Waals surface area contributed by atoms with Crippen LogP contribution in [0.1, 0.15) is 17.5 Å². The number of para-hydroxylation sites is 1. The molecule has 3 rings (SSSR count). The van der Waals surface area contributed by atoms with Crippen LogP contribution in [-0.4, -0.2) is 51.9 Å². The third kappa shape index (κ3) is 6.42. The van der Waals surface area contributed by atoms with E-state index in [1.807, 2.05) is 30.3 Å². The molecule has 3 amide bonds. The number of primary amides is 1. The molecular formula is C24H27N5O5. The standard InChI is InChI=1S/C24H27N5O5/c25-17(12-21(26)30)22(31)28-19(10-14-6-2-1-3-7-14)23(32)29-20(24(33)34)11-15-13-27-18-9-5-4-8-16(15)18/h1-9,13,17,19-20,27H,10-12,25H2,(H2,26,30)(H,28,31)(H,29,32)(H,33,34)/t17-,19-,20-/m0/s1. The molecule has 0 saturated carbocycles. The van der Waals surface area contributed by atoms with E-state index in [0.717, 1.165) is 22.0 Å². The number of carboxylic acids is 1. The number of carbonyl (C=O) groups is 4. The Kier molecular flexibility index (Phi) is 7.99. The fourth-order valence-corrected chi connectivity index (χ4v) is 3.64. The van der Waals surface area contributed by atoms with Crippen molar-refractivity contribution in [3.05, 3.63) is 71.9 Å². The molecule has 1 aromatic heterocycles. The number of carboxylic acid groups (broad SMARTS) is 1. The van der Waals surface area contributed by atoms with Gasteiger partial charge in [0.25, 0.3) is 0 Å². The first kappa shape index (κ1) is 24.5. The Morgan fingerprint density at radius 3 is 2.21 bits per heavy atom. The Bertz CT molecular complexity index is 1180. The number of fused-ring (bicyclic) bond motifs is 1. The zero-order chi connectivity index (χ0) is 24.7. The van der Waals surface area contributed by atoms with Crippen molar-refractivity contribution >= 4 is 34.6 Å². The lowest BCUT2D eigenvalue weighted by molar-refractivity contribution is -0.142. The van der Waals surface area contributed by atoms with Crippen molar-refractivity contribution in [2.24, 2.45) is 11.5 Å². The summed E-state index contributed by atoms with van der Waals surface area (Å²) in [5.74, 6) is -3.39. The minimum Gasteiger partial charge on any atom is -0.480 e. The van der Waals surface area contributed by atoms with Crippen molar-refractivity contribution < 1.29 is 24.3 Å². The predicted molar refractivity (Wildman–Crippen MR) is 125 cm³/mol. The molecule has 3 aromatic rings. The van der Waals surface area contributed by atoms with E-state index in [0.29, 0.717) is 0 Å². The lowest BCUT2D eigenvalue weighted by Crippen LogP contribution is -2.56. The topological polar surface area (TPSA) is 180 Å². The maximum Gasteiger partial charge on any atom is 0.326 e. The fourth-order valence-electron chi connectivity index (χ4n) is 3.64. The van der Waals surface area contributed by atoms with Crippen LogP contribution in [0.2, 0.25) is 0 Å². The second-order valence-corrected chi connectivity index (χ2v) is 7.99. The number of H-pyrrole nitrogens is 1. The van der Waals surface area contributed by atoms with E-state index in [-0.39, 0.29) is 19.3 Å². The molecule has 0 aliphatic rings. The minimum atomic E-state index is -1.24. The van der Waals surface area contributed by atoms with E-state index in [4.69, 9.17) is 11.5 Å². The van der Waals surface area contributed by atoms with Crippen LogP contribution < -0.4 is 22.1 Å². The largest absolute Gasteiger partial charge is 0.480 e. The summed E-state index contributed by atoms with van der Waals surface area (Å²) in [6, 6.07) is 12.8. The molecule has 0 radical (unpaired) electrons. The van der Waals surface area contributed by atoms with Crippen LogP contribution in [-0.2, 0) is 32.0 Å². The van der Waals surface area contributed by atoms with Gasteiger partial charge in [0.2, 0.25) is 17.7 Å². The van der Waals surface area contributed by atoms with Crippen LogP contribution in [0.15, 0.2) is 60.8 Å². The van der Waals surface area contributed by atoms with Gasteiger partial charge in [-0.25, -0.2) is 4.79 Å². The monoisotopic (exact) mass is 465 g/mol. The van der Waals surface area contributed by atoms with Gasteiger partial charge in [-0.2, -0.15) is 0 Å². The van der Waals surface area contributed by atoms with Crippen molar-refractivity contribution in [2.75, 3.05) is 0 Å². The molecule has 3 atom stereocenters. The van der Waals surface area contributed by atoms with E-state index in [2.05, 4.69) is 15.6 Å². The molecule has 34 heavy (non-hydrogen) atoms. The van der Waals surface area contributed by atoms with Crippen molar-refractivity contribution in [3.8, 4) is 0 Å². The zero-order valence-electron chi connectivity index (χ0n) is 18.4. The third-order valence-electron chi connectivity index (χ3n) is 5.39. The highest BCUT2D eigenvalue weighted by Gasteiger charge is 2.29. The Morgan fingerprint density at radius 2 is 1.53 bits per heavy atom. The van der Waals surface area contributed by atoms with Gasteiger partial charge in [-0.05, 0) is 17.2 Å². The SMILES string of the molecule is NC(=O)C[C@H](N)C(=O)N[C@@H](Cc1ccccc1)C(=O)N[C@@H](Cc1c[nH]c2ccccc12)C(=O)O. The summed E-state index contributed by atoms with van der Waals surface area (Å²) < 4.78 is 0. The van der Waals surface area contributed by atoms with Crippen LogP contribution in [0, 0.1) is 0 Å². The maximum absolute atomic E-state index is 13.1. The molecule has 10 nitrogen and oxygen atoms in total. The number of hydrogen-bond acceptors (Lipinski definition) is 5. The van der Waals surface area contributed by atoms with Crippen LogP contribution in [0.3, 0.4) is 0 Å². The maximum atomic E-state index is 13.1. The molecule has 0 unspecified atom stereocenters. The average Bonchev–Trinajstić information content (AvgIpc) is 3.21. The number of aromatic nitrogens is 1. The second-order valence-electron chi connectivity index (χ2n) is 7.99. The Hall–Kier alpha value is -4.18. The summed E-state index contributed by atoms with van der Waals surface area (Å²) in [4.78, 5) is 51.7. The molecule has 1 heterocycles. The number of rotatable bonds is 11. The highest BCUT2D eigenvalue weighted by Crippen LogP contribution is 2.19. The van der Waals surface area contributed by atoms with Crippen molar-refractivity contribution in [3.63, 3.8) is 0 Å². The first-order valence-corrected chi connectivity index (χ1v) is 10.7. The molecule has 0 spiro atoms. The molecule has 178 valence electrons. The minimum absolute atomic E-state index is 0.0400. The number of aromatic amines is 1. The molecule has 0 aliphatic carbocycles. The Labute approximate surface area is 195 Å². The highest BCUT2D eigenvalue weighted by atomic mass is 16.4. The smallest absolute Gasteiger partial charge is 0.326 e. The normalized spacial score (nSPS) is 13.6. The van der Waals surface area contributed by atoms with Crippen molar-refractivity contribution in [1.29, 1.82) is 0 Å². The molecule has 8 N–H and O–H groups in total. The third-order valence-corrected chi connectivity index (χ3v) is 5.39. The van der Waals surface area contributed by atoms with Crippen LogP contribution >= 0.6 is 0 Å². The number of amides is 3. The first-order valence-electron chi connectivity index (χ1n) is 10.7. The quantitative estimate of drug-likeness (QED) is 0.235. The van der Waals surface area contributed by atoms with Gasteiger partial charge < -0.3 is 32.2 Å². The number of benzene rings is 2. The molecule has 10 heteroatoms. The van der Waals surface area contributed by atoms with Gasteiger partial charge in [0.05, 0.1) is 12.5 Å². The number of aliphatic carboxylic acids is 1. The molecule has 0 bridgehead atoms. The summed E-state index contributed by atoms with van der Waals surface area (Å²) in [6.45, 7) is 0. The highest BCUT2D eigenvalue weighted by molar-refractivity contribution is 5.94. The number of hydrogen-bond donors (Lipinski definition) is 6. The van der Waals surface area contributed by atoms with Crippen LogP contribution in [0.25, 0.3) is 10.9 Å². The lowest BCUT2D eigenvalue weighted by Gasteiger charge is -2.23. The summed E-state index contributed by atoms with van der Waals surface area (Å²) in [5.41, 5.74) is 13.1. The van der Waals surface area contributed by atoms with E-state index >= 15 is 0 Å². The number of nitrogens with two attached hydrogens (primary N) is 2. The molecule has 0 fully saturated rings. The second kappa shape index (κ2) is 11.1. The van der Waals surface area contributed by atoms with E-state index < -0.39 is 41.8 Å². The van der Waals surface area contributed by atoms with Gasteiger partial charge in [0, 0.05) is 29.9 Å². The van der Waals surface area contributed by atoms with Crippen molar-refractivity contribution in [2.45, 2.75) is 37.4 Å². The van der Waals surface area contributed by atoms with Gasteiger partial charge in [-0.3, -0.25) is 14.4 Å². The van der Waals surface area contributed by atoms with Gasteiger partial charge in [-0.15, -0.1) is 0 Å². The van der Waals surface area contributed by atoms with Gasteiger partial charge in [0.15, 0.2) is 0 Å². The Morgan fingerprint density at radius 1 is 0.882 bits per heavy atom. The van der Waals surface area contributed by atoms with Gasteiger partial charge in [-0.1, -0.05) is 48.5 Å². The van der Waals surface area contributed by atoms with E-state index in [1.54, 1.807) is 30.5 Å².